The van der Waals surface area contributed by atoms with Gasteiger partial charge >= 0.3 is 0 Å². The molecule has 0 saturated heterocycles. The van der Waals surface area contributed by atoms with Crippen LogP contribution < -0.4 is 4.74 Å². The monoisotopic (exact) mass is 220 g/mol. The number of hydrogen-bond donors (Lipinski definition) is 1. The van der Waals surface area contributed by atoms with E-state index in [1.165, 1.54) is 5.56 Å². The van der Waals surface area contributed by atoms with Gasteiger partial charge in [0, 0.05) is 5.56 Å². The standard InChI is InChI=1S/C14H20O2/c1-9(2)11-7-6-10(3)13-12(15)5-4-8-16-14(11)13/h6-7,9,12,15H,4-5,8H2,1-3H3/t12-/m0/s1. The molecule has 88 valence electrons. The maximum atomic E-state index is 10.1. The topological polar surface area (TPSA) is 29.5 Å². The van der Waals surface area contributed by atoms with Crippen molar-refractivity contribution in [2.45, 2.75) is 45.6 Å². The highest BCUT2D eigenvalue weighted by molar-refractivity contribution is 5.49. The molecule has 2 heteroatoms. The highest BCUT2D eigenvalue weighted by atomic mass is 16.5. The highest BCUT2D eigenvalue weighted by Crippen LogP contribution is 2.39. The molecule has 0 fully saturated rings. The minimum absolute atomic E-state index is 0.365. The zero-order valence-corrected chi connectivity index (χ0v) is 10.3. The van der Waals surface area contributed by atoms with E-state index in [-0.39, 0.29) is 6.10 Å². The second-order valence-electron chi connectivity index (χ2n) is 4.88. The normalized spacial score (nSPS) is 20.2. The van der Waals surface area contributed by atoms with Gasteiger partial charge in [-0.1, -0.05) is 26.0 Å². The number of aliphatic hydroxyl groups excluding tert-OH is 1. The molecule has 0 bridgehead atoms. The third kappa shape index (κ3) is 1.94. The van der Waals surface area contributed by atoms with Crippen molar-refractivity contribution in [1.29, 1.82) is 0 Å². The number of rotatable bonds is 1. The quantitative estimate of drug-likeness (QED) is 0.786. The van der Waals surface area contributed by atoms with Gasteiger partial charge in [0.05, 0.1) is 12.7 Å². The summed E-state index contributed by atoms with van der Waals surface area (Å²) in [6.45, 7) is 7.07. The minimum Gasteiger partial charge on any atom is -0.493 e. The van der Waals surface area contributed by atoms with Gasteiger partial charge in [-0.2, -0.15) is 0 Å². The Morgan fingerprint density at radius 3 is 2.81 bits per heavy atom. The number of hydrogen-bond acceptors (Lipinski definition) is 2. The van der Waals surface area contributed by atoms with E-state index in [9.17, 15) is 5.11 Å². The molecule has 2 rings (SSSR count). The zero-order valence-electron chi connectivity index (χ0n) is 10.3. The van der Waals surface area contributed by atoms with Crippen LogP contribution in [-0.2, 0) is 0 Å². The average molecular weight is 220 g/mol. The number of aryl methyl sites for hydroxylation is 1. The van der Waals surface area contributed by atoms with Crippen molar-refractivity contribution in [3.8, 4) is 5.75 Å². The second-order valence-corrected chi connectivity index (χ2v) is 4.88. The van der Waals surface area contributed by atoms with Crippen molar-refractivity contribution < 1.29 is 9.84 Å². The second kappa shape index (κ2) is 4.46. The van der Waals surface area contributed by atoms with Gasteiger partial charge in [-0.15, -0.1) is 0 Å². The number of aliphatic hydroxyl groups is 1. The van der Waals surface area contributed by atoms with E-state index in [4.69, 9.17) is 4.74 Å². The fraction of sp³-hybridized carbons (Fsp3) is 0.571. The summed E-state index contributed by atoms with van der Waals surface area (Å²) in [5.74, 6) is 1.36. The maximum absolute atomic E-state index is 10.1. The molecule has 0 radical (unpaired) electrons. The van der Waals surface area contributed by atoms with Gasteiger partial charge in [0.15, 0.2) is 0 Å². The van der Waals surface area contributed by atoms with Crippen LogP contribution in [0.3, 0.4) is 0 Å². The lowest BCUT2D eigenvalue weighted by Gasteiger charge is -2.19. The van der Waals surface area contributed by atoms with Crippen molar-refractivity contribution >= 4 is 0 Å². The van der Waals surface area contributed by atoms with Gasteiger partial charge in [0.25, 0.3) is 0 Å². The third-order valence-electron chi connectivity index (χ3n) is 3.27. The van der Waals surface area contributed by atoms with Crippen LogP contribution in [0.1, 0.15) is 55.4 Å². The largest absolute Gasteiger partial charge is 0.493 e. The van der Waals surface area contributed by atoms with E-state index < -0.39 is 0 Å². The summed E-state index contributed by atoms with van der Waals surface area (Å²) in [5, 5.41) is 10.1. The van der Waals surface area contributed by atoms with Crippen LogP contribution in [0.4, 0.5) is 0 Å². The van der Waals surface area contributed by atoms with E-state index in [2.05, 4.69) is 26.0 Å². The Labute approximate surface area is 97.3 Å². The predicted octanol–water partition coefficient (Wildman–Crippen LogP) is 3.32. The van der Waals surface area contributed by atoms with Gasteiger partial charge in [-0.3, -0.25) is 0 Å². The molecule has 1 heterocycles. The molecule has 0 unspecified atom stereocenters. The molecule has 1 N–H and O–H groups in total. The van der Waals surface area contributed by atoms with Crippen LogP contribution in [0.5, 0.6) is 5.75 Å². The van der Waals surface area contributed by atoms with Crippen LogP contribution in [-0.4, -0.2) is 11.7 Å². The van der Waals surface area contributed by atoms with E-state index in [0.29, 0.717) is 12.5 Å². The third-order valence-corrected chi connectivity index (χ3v) is 3.27. The molecule has 0 aliphatic carbocycles. The Balaban J connectivity index is 2.58. The molecule has 1 aromatic rings. The van der Waals surface area contributed by atoms with Gasteiger partial charge in [-0.05, 0) is 36.8 Å². The smallest absolute Gasteiger partial charge is 0.128 e. The molecule has 1 aliphatic heterocycles. The van der Waals surface area contributed by atoms with Crippen LogP contribution in [0, 0.1) is 6.92 Å². The first-order valence-electron chi connectivity index (χ1n) is 6.05. The lowest BCUT2D eigenvalue weighted by molar-refractivity contribution is 0.167. The molecular weight excluding hydrogens is 200 g/mol. The summed E-state index contributed by atoms with van der Waals surface area (Å²) in [6.07, 6.45) is 1.36. The molecule has 0 spiro atoms. The van der Waals surface area contributed by atoms with Gasteiger partial charge < -0.3 is 9.84 Å². The molecule has 2 nitrogen and oxygen atoms in total. The van der Waals surface area contributed by atoms with Crippen LogP contribution >= 0.6 is 0 Å². The Bertz CT molecular complexity index is 383. The van der Waals surface area contributed by atoms with E-state index in [1.807, 2.05) is 6.92 Å². The summed E-state index contributed by atoms with van der Waals surface area (Å²) in [7, 11) is 0. The first kappa shape index (κ1) is 11.5. The van der Waals surface area contributed by atoms with Crippen molar-refractivity contribution in [3.63, 3.8) is 0 Å². The van der Waals surface area contributed by atoms with Crippen LogP contribution in [0.25, 0.3) is 0 Å². The molecule has 1 atom stereocenters. The van der Waals surface area contributed by atoms with Crippen LogP contribution in [0.15, 0.2) is 12.1 Å². The van der Waals surface area contributed by atoms with E-state index >= 15 is 0 Å². The molecule has 1 aromatic carbocycles. The van der Waals surface area contributed by atoms with E-state index in [0.717, 1.165) is 29.7 Å². The van der Waals surface area contributed by atoms with Crippen molar-refractivity contribution in [2.75, 3.05) is 6.61 Å². The number of ether oxygens (including phenoxy) is 1. The molecular formula is C14H20O2. The van der Waals surface area contributed by atoms with Crippen molar-refractivity contribution in [1.82, 2.24) is 0 Å². The Hall–Kier alpha value is -1.02. The number of benzene rings is 1. The SMILES string of the molecule is Cc1ccc(C(C)C)c2c1[C@@H](O)CCCO2. The summed E-state index contributed by atoms with van der Waals surface area (Å²) in [4.78, 5) is 0. The Kier molecular flexibility index (Phi) is 3.20. The fourth-order valence-electron chi connectivity index (χ4n) is 2.34. The highest BCUT2D eigenvalue weighted by Gasteiger charge is 2.23. The summed E-state index contributed by atoms with van der Waals surface area (Å²) in [5.41, 5.74) is 3.35. The lowest BCUT2D eigenvalue weighted by atomic mass is 9.92. The molecule has 0 amide bonds. The van der Waals surface area contributed by atoms with Crippen molar-refractivity contribution in [2.24, 2.45) is 0 Å². The first-order valence-corrected chi connectivity index (χ1v) is 6.05. The van der Waals surface area contributed by atoms with Gasteiger partial charge in [0.1, 0.15) is 5.75 Å². The first-order chi connectivity index (χ1) is 7.61. The minimum atomic E-state index is -0.365. The zero-order chi connectivity index (χ0) is 11.7. The lowest BCUT2D eigenvalue weighted by Crippen LogP contribution is -2.04. The van der Waals surface area contributed by atoms with Gasteiger partial charge in [-0.25, -0.2) is 0 Å². The Morgan fingerprint density at radius 1 is 1.38 bits per heavy atom. The Morgan fingerprint density at radius 2 is 2.12 bits per heavy atom. The fourth-order valence-corrected chi connectivity index (χ4v) is 2.34. The summed E-state index contributed by atoms with van der Waals surface area (Å²) < 4.78 is 5.83. The summed E-state index contributed by atoms with van der Waals surface area (Å²) >= 11 is 0. The predicted molar refractivity (Wildman–Crippen MR) is 65.0 cm³/mol. The van der Waals surface area contributed by atoms with E-state index in [1.54, 1.807) is 0 Å². The van der Waals surface area contributed by atoms with Gasteiger partial charge in [0.2, 0.25) is 0 Å². The molecule has 0 aromatic heterocycles. The average Bonchev–Trinajstić information content (AvgIpc) is 2.41. The van der Waals surface area contributed by atoms with Crippen LogP contribution in [0.2, 0.25) is 0 Å². The maximum Gasteiger partial charge on any atom is 0.128 e. The molecule has 16 heavy (non-hydrogen) atoms. The molecule has 0 saturated carbocycles. The summed E-state index contributed by atoms with van der Waals surface area (Å²) in [6, 6.07) is 4.21. The molecule has 1 aliphatic rings. The number of fused-ring (bicyclic) bond motifs is 1. The van der Waals surface area contributed by atoms with Crippen molar-refractivity contribution in [3.05, 3.63) is 28.8 Å².